The highest BCUT2D eigenvalue weighted by Crippen LogP contribution is 2.17. The number of pyridine rings is 1. The monoisotopic (exact) mass is 263 g/mol. The fourth-order valence-electron chi connectivity index (χ4n) is 1.46. The molecule has 19 heavy (non-hydrogen) atoms. The van der Waals surface area contributed by atoms with Gasteiger partial charge in [-0.1, -0.05) is 6.07 Å². The highest BCUT2D eigenvalue weighted by Gasteiger charge is 2.12. The summed E-state index contributed by atoms with van der Waals surface area (Å²) in [6.45, 7) is 0. The predicted octanol–water partition coefficient (Wildman–Crippen LogP) is 2.65. The van der Waals surface area contributed by atoms with Crippen molar-refractivity contribution in [1.29, 1.82) is 0 Å². The van der Waals surface area contributed by atoms with Crippen LogP contribution in [0.3, 0.4) is 0 Å². The van der Waals surface area contributed by atoms with Crippen molar-refractivity contribution >= 4 is 17.3 Å². The summed E-state index contributed by atoms with van der Waals surface area (Å²) in [5, 5.41) is 5.12. The first-order valence-electron chi connectivity index (χ1n) is 5.51. The van der Waals surface area contributed by atoms with E-state index in [0.29, 0.717) is 0 Å². The number of amides is 1. The molecule has 0 aliphatic heterocycles. The second-order valence-corrected chi connectivity index (χ2v) is 3.74. The second-order valence-electron chi connectivity index (χ2n) is 3.74. The van der Waals surface area contributed by atoms with Crippen LogP contribution in [0.4, 0.5) is 20.2 Å². The van der Waals surface area contributed by atoms with Gasteiger partial charge in [0.05, 0.1) is 17.6 Å². The fourth-order valence-corrected chi connectivity index (χ4v) is 1.46. The number of anilines is 2. The van der Waals surface area contributed by atoms with Crippen LogP contribution in [0.2, 0.25) is 0 Å². The molecule has 0 atom stereocenters. The number of halogens is 2. The number of carbonyl (C=O) groups excluding carboxylic acids is 1. The van der Waals surface area contributed by atoms with Crippen LogP contribution in [0, 0.1) is 11.6 Å². The van der Waals surface area contributed by atoms with Gasteiger partial charge in [-0.3, -0.25) is 4.79 Å². The molecular weight excluding hydrogens is 252 g/mol. The summed E-state index contributed by atoms with van der Waals surface area (Å²) in [5.74, 6) is -2.72. The van der Waals surface area contributed by atoms with Crippen LogP contribution in [0.15, 0.2) is 36.5 Å². The molecule has 6 heteroatoms. The van der Waals surface area contributed by atoms with Crippen LogP contribution in [-0.2, 0) is 0 Å². The number of benzene rings is 1. The number of carbonyl (C=O) groups is 1. The molecule has 0 bridgehead atoms. The summed E-state index contributed by atoms with van der Waals surface area (Å²) in [7, 11) is 1.72. The lowest BCUT2D eigenvalue weighted by Gasteiger charge is -2.06. The van der Waals surface area contributed by atoms with E-state index in [0.717, 1.165) is 11.8 Å². The largest absolute Gasteiger partial charge is 0.387 e. The van der Waals surface area contributed by atoms with Gasteiger partial charge in [0, 0.05) is 7.05 Å². The van der Waals surface area contributed by atoms with Gasteiger partial charge in [-0.2, -0.15) is 0 Å². The SMILES string of the molecule is CNc1ccc(C(=O)Nc2cccc(F)c2F)nc1. The van der Waals surface area contributed by atoms with E-state index in [2.05, 4.69) is 15.6 Å². The fraction of sp³-hybridized carbons (Fsp3) is 0.0769. The Hall–Kier alpha value is -2.50. The van der Waals surface area contributed by atoms with Crippen LogP contribution in [0.25, 0.3) is 0 Å². The van der Waals surface area contributed by atoms with Crippen molar-refractivity contribution < 1.29 is 13.6 Å². The molecule has 0 spiro atoms. The third-order valence-corrected chi connectivity index (χ3v) is 2.48. The summed E-state index contributed by atoms with van der Waals surface area (Å²) in [6.07, 6.45) is 1.47. The molecule has 98 valence electrons. The van der Waals surface area contributed by atoms with Gasteiger partial charge in [-0.25, -0.2) is 13.8 Å². The zero-order chi connectivity index (χ0) is 13.8. The van der Waals surface area contributed by atoms with Crippen molar-refractivity contribution in [3.05, 3.63) is 53.9 Å². The van der Waals surface area contributed by atoms with Gasteiger partial charge >= 0.3 is 0 Å². The summed E-state index contributed by atoms with van der Waals surface area (Å²) in [6, 6.07) is 6.71. The molecule has 1 aromatic heterocycles. The molecule has 1 heterocycles. The topological polar surface area (TPSA) is 54.0 Å². The lowest BCUT2D eigenvalue weighted by atomic mass is 10.2. The smallest absolute Gasteiger partial charge is 0.274 e. The molecule has 0 aliphatic rings. The van der Waals surface area contributed by atoms with Gasteiger partial charge in [0.1, 0.15) is 5.69 Å². The van der Waals surface area contributed by atoms with E-state index in [9.17, 15) is 13.6 Å². The van der Waals surface area contributed by atoms with Crippen molar-refractivity contribution in [3.63, 3.8) is 0 Å². The van der Waals surface area contributed by atoms with Crippen molar-refractivity contribution in [2.24, 2.45) is 0 Å². The molecule has 1 aromatic carbocycles. The van der Waals surface area contributed by atoms with Crippen LogP contribution in [0.1, 0.15) is 10.5 Å². The Morgan fingerprint density at radius 1 is 1.21 bits per heavy atom. The second kappa shape index (κ2) is 5.43. The summed E-state index contributed by atoms with van der Waals surface area (Å²) >= 11 is 0. The first-order chi connectivity index (χ1) is 9.11. The highest BCUT2D eigenvalue weighted by molar-refractivity contribution is 6.03. The maximum atomic E-state index is 13.4. The molecule has 0 saturated heterocycles. The lowest BCUT2D eigenvalue weighted by Crippen LogP contribution is -2.15. The van der Waals surface area contributed by atoms with Gasteiger partial charge in [-0.05, 0) is 24.3 Å². The molecule has 4 nitrogen and oxygen atoms in total. The molecule has 2 aromatic rings. The van der Waals surface area contributed by atoms with Gasteiger partial charge in [0.25, 0.3) is 5.91 Å². The van der Waals surface area contributed by atoms with E-state index >= 15 is 0 Å². The first-order valence-corrected chi connectivity index (χ1v) is 5.51. The first kappa shape index (κ1) is 12.9. The standard InChI is InChI=1S/C13H11F2N3O/c1-16-8-5-6-11(17-7-8)13(19)18-10-4-2-3-9(14)12(10)15/h2-7,16H,1H3,(H,18,19). The van der Waals surface area contributed by atoms with E-state index in [4.69, 9.17) is 0 Å². The molecule has 1 amide bonds. The third-order valence-electron chi connectivity index (χ3n) is 2.48. The van der Waals surface area contributed by atoms with Crippen LogP contribution >= 0.6 is 0 Å². The number of aromatic nitrogens is 1. The number of hydrogen-bond acceptors (Lipinski definition) is 3. The predicted molar refractivity (Wildman–Crippen MR) is 68.1 cm³/mol. The Bertz CT molecular complexity index is 599. The quantitative estimate of drug-likeness (QED) is 0.895. The minimum atomic E-state index is -1.09. The molecular formula is C13H11F2N3O. The number of nitrogens with one attached hydrogen (secondary N) is 2. The minimum Gasteiger partial charge on any atom is -0.387 e. The number of hydrogen-bond donors (Lipinski definition) is 2. The van der Waals surface area contributed by atoms with Crippen molar-refractivity contribution in [3.8, 4) is 0 Å². The molecule has 0 unspecified atom stereocenters. The highest BCUT2D eigenvalue weighted by atomic mass is 19.2. The Morgan fingerprint density at radius 3 is 2.63 bits per heavy atom. The van der Waals surface area contributed by atoms with Gasteiger partial charge in [0.15, 0.2) is 11.6 Å². The van der Waals surface area contributed by atoms with Crippen LogP contribution in [0.5, 0.6) is 0 Å². The Morgan fingerprint density at radius 2 is 2.00 bits per heavy atom. The molecule has 2 N–H and O–H groups in total. The van der Waals surface area contributed by atoms with E-state index in [1.165, 1.54) is 24.4 Å². The summed E-state index contributed by atoms with van der Waals surface area (Å²) in [4.78, 5) is 15.7. The van der Waals surface area contributed by atoms with Gasteiger partial charge in [0.2, 0.25) is 0 Å². The Labute approximate surface area is 108 Å². The Kier molecular flexibility index (Phi) is 3.70. The minimum absolute atomic E-state index is 0.114. The Balaban J connectivity index is 2.18. The van der Waals surface area contributed by atoms with E-state index in [1.807, 2.05) is 0 Å². The molecule has 2 rings (SSSR count). The molecule has 0 fully saturated rings. The van der Waals surface area contributed by atoms with Crippen molar-refractivity contribution in [2.45, 2.75) is 0 Å². The van der Waals surface area contributed by atoms with Crippen LogP contribution in [-0.4, -0.2) is 17.9 Å². The zero-order valence-electron chi connectivity index (χ0n) is 10.1. The van der Waals surface area contributed by atoms with E-state index < -0.39 is 17.5 Å². The zero-order valence-corrected chi connectivity index (χ0v) is 10.1. The maximum Gasteiger partial charge on any atom is 0.274 e. The van der Waals surface area contributed by atoms with Crippen molar-refractivity contribution in [1.82, 2.24) is 4.98 Å². The number of nitrogens with zero attached hydrogens (tertiary/aromatic N) is 1. The summed E-state index contributed by atoms with van der Waals surface area (Å²) < 4.78 is 26.4. The van der Waals surface area contributed by atoms with Crippen LogP contribution < -0.4 is 10.6 Å². The molecule has 0 aliphatic carbocycles. The van der Waals surface area contributed by atoms with Gasteiger partial charge in [-0.15, -0.1) is 0 Å². The average molecular weight is 263 g/mol. The van der Waals surface area contributed by atoms with Crippen molar-refractivity contribution in [2.75, 3.05) is 17.7 Å². The normalized spacial score (nSPS) is 10.1. The lowest BCUT2D eigenvalue weighted by molar-refractivity contribution is 0.102. The maximum absolute atomic E-state index is 13.4. The third kappa shape index (κ3) is 2.85. The molecule has 0 saturated carbocycles. The average Bonchev–Trinajstić information content (AvgIpc) is 2.44. The number of rotatable bonds is 3. The summed E-state index contributed by atoms with van der Waals surface area (Å²) in [5.41, 5.74) is 0.639. The van der Waals surface area contributed by atoms with E-state index in [-0.39, 0.29) is 11.4 Å². The molecule has 0 radical (unpaired) electrons. The van der Waals surface area contributed by atoms with Gasteiger partial charge < -0.3 is 10.6 Å². The van der Waals surface area contributed by atoms with E-state index in [1.54, 1.807) is 13.1 Å².